The summed E-state index contributed by atoms with van der Waals surface area (Å²) in [7, 11) is 0. The van der Waals surface area contributed by atoms with Crippen molar-refractivity contribution in [2.24, 2.45) is 0 Å². The molecule has 4 heterocycles. The molecule has 0 aromatic carbocycles. The predicted octanol–water partition coefficient (Wildman–Crippen LogP) is 2.09. The summed E-state index contributed by atoms with van der Waals surface area (Å²) in [5, 5.41) is 11.9. The molecule has 0 amide bonds. The Balaban J connectivity index is 1.66. The van der Waals surface area contributed by atoms with Crippen LogP contribution in [0, 0.1) is 6.92 Å². The molecule has 20 heavy (non-hydrogen) atoms. The lowest BCUT2D eigenvalue weighted by Gasteiger charge is -1.96. The van der Waals surface area contributed by atoms with Crippen LogP contribution < -0.4 is 0 Å². The van der Waals surface area contributed by atoms with Crippen molar-refractivity contribution in [3.63, 3.8) is 0 Å². The molecule has 7 heteroatoms. The van der Waals surface area contributed by atoms with Crippen LogP contribution in [-0.4, -0.2) is 29.4 Å². The molecule has 0 atom stereocenters. The predicted molar refractivity (Wildman–Crippen MR) is 76.8 cm³/mol. The smallest absolute Gasteiger partial charge is 0.167 e. The van der Waals surface area contributed by atoms with Gasteiger partial charge in [0.15, 0.2) is 11.5 Å². The monoisotopic (exact) mass is 284 g/mol. The SMILES string of the molecule is Cc1ccn(CCc2nc3c4ccsc4ncn3n2)n1. The van der Waals surface area contributed by atoms with Gasteiger partial charge in [0, 0.05) is 19.2 Å². The number of rotatable bonds is 3. The molecule has 0 saturated heterocycles. The summed E-state index contributed by atoms with van der Waals surface area (Å²) in [5.41, 5.74) is 1.90. The molecular formula is C13H12N6S. The van der Waals surface area contributed by atoms with Crippen molar-refractivity contribution in [2.45, 2.75) is 19.9 Å². The van der Waals surface area contributed by atoms with E-state index < -0.39 is 0 Å². The Morgan fingerprint density at radius 1 is 1.25 bits per heavy atom. The lowest BCUT2D eigenvalue weighted by molar-refractivity contribution is 0.595. The average molecular weight is 284 g/mol. The van der Waals surface area contributed by atoms with Crippen molar-refractivity contribution in [3.05, 3.63) is 41.6 Å². The summed E-state index contributed by atoms with van der Waals surface area (Å²) in [4.78, 5) is 9.98. The first kappa shape index (κ1) is 11.5. The van der Waals surface area contributed by atoms with E-state index in [4.69, 9.17) is 0 Å². The highest BCUT2D eigenvalue weighted by molar-refractivity contribution is 7.16. The molecule has 100 valence electrons. The maximum atomic E-state index is 4.61. The van der Waals surface area contributed by atoms with Gasteiger partial charge in [-0.25, -0.2) is 14.5 Å². The van der Waals surface area contributed by atoms with Gasteiger partial charge in [0.2, 0.25) is 0 Å². The molecule has 0 unspecified atom stereocenters. The minimum absolute atomic E-state index is 0.758. The molecule has 6 nitrogen and oxygen atoms in total. The van der Waals surface area contributed by atoms with Gasteiger partial charge in [-0.2, -0.15) is 5.10 Å². The largest absolute Gasteiger partial charge is 0.272 e. The van der Waals surface area contributed by atoms with Crippen LogP contribution in [0.3, 0.4) is 0 Å². The van der Waals surface area contributed by atoms with E-state index in [0.717, 1.165) is 40.3 Å². The summed E-state index contributed by atoms with van der Waals surface area (Å²) >= 11 is 1.62. The number of nitrogens with zero attached hydrogens (tertiary/aromatic N) is 6. The summed E-state index contributed by atoms with van der Waals surface area (Å²) in [6.45, 7) is 2.77. The molecule has 0 saturated carbocycles. The van der Waals surface area contributed by atoms with Crippen LogP contribution >= 0.6 is 11.3 Å². The van der Waals surface area contributed by atoms with E-state index in [1.807, 2.05) is 35.3 Å². The lowest BCUT2D eigenvalue weighted by atomic mass is 10.4. The van der Waals surface area contributed by atoms with Crippen LogP contribution in [0.25, 0.3) is 15.9 Å². The summed E-state index contributed by atoms with van der Waals surface area (Å²) < 4.78 is 3.66. The van der Waals surface area contributed by atoms with Crippen molar-refractivity contribution in [1.82, 2.24) is 29.4 Å². The molecule has 0 aliphatic rings. The third-order valence-electron chi connectivity index (χ3n) is 3.18. The second-order valence-electron chi connectivity index (χ2n) is 4.65. The van der Waals surface area contributed by atoms with Gasteiger partial charge in [-0.05, 0) is 24.4 Å². The zero-order chi connectivity index (χ0) is 13.5. The number of fused-ring (bicyclic) bond motifs is 3. The maximum Gasteiger partial charge on any atom is 0.167 e. The highest BCUT2D eigenvalue weighted by Gasteiger charge is 2.09. The van der Waals surface area contributed by atoms with E-state index in [0.29, 0.717) is 0 Å². The summed E-state index contributed by atoms with van der Waals surface area (Å²) in [6, 6.07) is 4.04. The Morgan fingerprint density at radius 3 is 3.05 bits per heavy atom. The van der Waals surface area contributed by atoms with Gasteiger partial charge >= 0.3 is 0 Å². The van der Waals surface area contributed by atoms with Crippen molar-refractivity contribution >= 4 is 27.2 Å². The van der Waals surface area contributed by atoms with Crippen LogP contribution in [0.1, 0.15) is 11.5 Å². The molecule has 0 radical (unpaired) electrons. The minimum Gasteiger partial charge on any atom is -0.272 e. The first-order valence-electron chi connectivity index (χ1n) is 6.37. The van der Waals surface area contributed by atoms with E-state index in [-0.39, 0.29) is 0 Å². The fourth-order valence-electron chi connectivity index (χ4n) is 2.22. The minimum atomic E-state index is 0.758. The van der Waals surface area contributed by atoms with E-state index >= 15 is 0 Å². The van der Waals surface area contributed by atoms with Gasteiger partial charge in [-0.3, -0.25) is 4.68 Å². The van der Waals surface area contributed by atoms with Crippen LogP contribution in [0.5, 0.6) is 0 Å². The van der Waals surface area contributed by atoms with Gasteiger partial charge in [0.05, 0.1) is 11.1 Å². The third-order valence-corrected chi connectivity index (χ3v) is 4.00. The summed E-state index contributed by atoms with van der Waals surface area (Å²) in [6.07, 6.45) is 4.46. The third kappa shape index (κ3) is 1.87. The molecule has 0 bridgehead atoms. The van der Waals surface area contributed by atoms with E-state index in [1.54, 1.807) is 22.2 Å². The highest BCUT2D eigenvalue weighted by atomic mass is 32.1. The number of aryl methyl sites for hydroxylation is 3. The van der Waals surface area contributed by atoms with E-state index in [1.165, 1.54) is 0 Å². The Bertz CT molecular complexity index is 887. The summed E-state index contributed by atoms with van der Waals surface area (Å²) in [5.74, 6) is 0.818. The Kier molecular flexibility index (Phi) is 2.53. The molecule has 4 aromatic heterocycles. The number of hydrogen-bond donors (Lipinski definition) is 0. The standard InChI is InChI=1S/C13H12N6S/c1-9-2-5-18(16-9)6-3-11-15-12-10-4-7-20-13(10)14-8-19(12)17-11/h2,4-5,7-8H,3,6H2,1H3. The first-order chi connectivity index (χ1) is 9.79. The van der Waals surface area contributed by atoms with Gasteiger partial charge in [-0.15, -0.1) is 16.4 Å². The molecule has 4 aromatic rings. The molecule has 0 aliphatic carbocycles. The van der Waals surface area contributed by atoms with Crippen LogP contribution in [0.15, 0.2) is 30.0 Å². The van der Waals surface area contributed by atoms with Gasteiger partial charge in [0.1, 0.15) is 11.2 Å². The van der Waals surface area contributed by atoms with Crippen LogP contribution in [0.2, 0.25) is 0 Å². The molecule has 0 aliphatic heterocycles. The lowest BCUT2D eigenvalue weighted by Crippen LogP contribution is -2.03. The maximum absolute atomic E-state index is 4.61. The van der Waals surface area contributed by atoms with Crippen molar-refractivity contribution in [3.8, 4) is 0 Å². The molecule has 0 N–H and O–H groups in total. The first-order valence-corrected chi connectivity index (χ1v) is 7.25. The molecule has 0 fully saturated rings. The van der Waals surface area contributed by atoms with Crippen molar-refractivity contribution in [2.75, 3.05) is 0 Å². The quantitative estimate of drug-likeness (QED) is 0.578. The molecule has 4 rings (SSSR count). The van der Waals surface area contributed by atoms with Gasteiger partial charge in [0.25, 0.3) is 0 Å². The zero-order valence-electron chi connectivity index (χ0n) is 10.9. The average Bonchev–Trinajstić information content (AvgIpc) is 3.13. The topological polar surface area (TPSA) is 60.9 Å². The van der Waals surface area contributed by atoms with E-state index in [9.17, 15) is 0 Å². The highest BCUT2D eigenvalue weighted by Crippen LogP contribution is 2.21. The van der Waals surface area contributed by atoms with Gasteiger partial charge < -0.3 is 0 Å². The van der Waals surface area contributed by atoms with Crippen LogP contribution in [0.4, 0.5) is 0 Å². The van der Waals surface area contributed by atoms with Crippen molar-refractivity contribution in [1.29, 1.82) is 0 Å². The number of aromatic nitrogens is 6. The Labute approximate surface area is 118 Å². The molecular weight excluding hydrogens is 272 g/mol. The fraction of sp³-hybridized carbons (Fsp3) is 0.231. The van der Waals surface area contributed by atoms with Gasteiger partial charge in [-0.1, -0.05) is 0 Å². The fourth-order valence-corrected chi connectivity index (χ4v) is 2.95. The number of hydrogen-bond acceptors (Lipinski definition) is 5. The Hall–Kier alpha value is -2.28. The Morgan fingerprint density at radius 2 is 2.20 bits per heavy atom. The van der Waals surface area contributed by atoms with E-state index in [2.05, 4.69) is 20.2 Å². The van der Waals surface area contributed by atoms with Crippen molar-refractivity contribution < 1.29 is 0 Å². The van der Waals surface area contributed by atoms with Crippen LogP contribution in [-0.2, 0) is 13.0 Å². The number of thiophene rings is 1. The zero-order valence-corrected chi connectivity index (χ0v) is 11.7. The normalized spacial score (nSPS) is 11.7. The second-order valence-corrected chi connectivity index (χ2v) is 5.54. The second kappa shape index (κ2) is 4.38. The molecule has 0 spiro atoms.